The Labute approximate surface area is 120 Å². The predicted octanol–water partition coefficient (Wildman–Crippen LogP) is 3.06. The summed E-state index contributed by atoms with van der Waals surface area (Å²) in [6.07, 6.45) is 1.26. The van der Waals surface area contributed by atoms with Gasteiger partial charge in [0.25, 0.3) is 0 Å². The maximum Gasteiger partial charge on any atom is 0.305 e. The van der Waals surface area contributed by atoms with Gasteiger partial charge in [-0.15, -0.1) is 0 Å². The van der Waals surface area contributed by atoms with Crippen LogP contribution in [0.4, 0.5) is 0 Å². The van der Waals surface area contributed by atoms with Gasteiger partial charge >= 0.3 is 5.97 Å². The molecule has 0 heterocycles. The van der Waals surface area contributed by atoms with Crippen LogP contribution in [0.1, 0.15) is 50.3 Å². The number of carboxylic acid groups (broad SMARTS) is 1. The minimum atomic E-state index is -0.915. The molecule has 0 saturated carbocycles. The van der Waals surface area contributed by atoms with Gasteiger partial charge in [-0.25, -0.2) is 0 Å². The van der Waals surface area contributed by atoms with Gasteiger partial charge in [-0.1, -0.05) is 44.5 Å². The smallest absolute Gasteiger partial charge is 0.305 e. The fourth-order valence-corrected chi connectivity index (χ4v) is 2.11. The number of aryl methyl sites for hydroxylation is 1. The molecule has 0 aliphatic heterocycles. The van der Waals surface area contributed by atoms with Crippen molar-refractivity contribution in [2.45, 2.75) is 46.1 Å². The molecule has 4 nitrogen and oxygen atoms in total. The first-order valence-electron chi connectivity index (χ1n) is 7.00. The number of rotatable bonds is 7. The predicted molar refractivity (Wildman–Crippen MR) is 78.4 cm³/mol. The molecule has 0 saturated heterocycles. The van der Waals surface area contributed by atoms with Crippen LogP contribution in [0.2, 0.25) is 0 Å². The van der Waals surface area contributed by atoms with Crippen molar-refractivity contribution in [2.24, 2.45) is 5.92 Å². The van der Waals surface area contributed by atoms with Crippen LogP contribution in [0.3, 0.4) is 0 Å². The molecule has 0 fully saturated rings. The fraction of sp³-hybridized carbons (Fsp3) is 0.500. The van der Waals surface area contributed by atoms with E-state index in [1.807, 2.05) is 45.0 Å². The van der Waals surface area contributed by atoms with Gasteiger partial charge in [0.2, 0.25) is 5.91 Å². The highest BCUT2D eigenvalue weighted by atomic mass is 16.4. The van der Waals surface area contributed by atoms with Gasteiger partial charge in [0.15, 0.2) is 0 Å². The van der Waals surface area contributed by atoms with Gasteiger partial charge in [0, 0.05) is 6.42 Å². The molecule has 1 aromatic carbocycles. The monoisotopic (exact) mass is 277 g/mol. The minimum Gasteiger partial charge on any atom is -0.481 e. The van der Waals surface area contributed by atoms with E-state index in [-0.39, 0.29) is 12.3 Å². The van der Waals surface area contributed by atoms with Crippen molar-refractivity contribution in [1.82, 2.24) is 5.32 Å². The first kappa shape index (κ1) is 16.2. The number of hydrogen-bond donors (Lipinski definition) is 2. The Morgan fingerprint density at radius 3 is 2.45 bits per heavy atom. The number of benzene rings is 1. The Morgan fingerprint density at radius 1 is 1.25 bits per heavy atom. The Morgan fingerprint density at radius 2 is 1.90 bits per heavy atom. The van der Waals surface area contributed by atoms with Crippen molar-refractivity contribution in [1.29, 1.82) is 0 Å². The van der Waals surface area contributed by atoms with E-state index in [9.17, 15) is 9.59 Å². The first-order chi connectivity index (χ1) is 9.43. The summed E-state index contributed by atoms with van der Waals surface area (Å²) >= 11 is 0. The summed E-state index contributed by atoms with van der Waals surface area (Å²) in [4.78, 5) is 23.0. The molecule has 2 atom stereocenters. The maximum absolute atomic E-state index is 12.0. The van der Waals surface area contributed by atoms with Crippen molar-refractivity contribution < 1.29 is 14.7 Å². The van der Waals surface area contributed by atoms with Gasteiger partial charge in [-0.3, -0.25) is 9.59 Å². The zero-order valence-electron chi connectivity index (χ0n) is 12.3. The quantitative estimate of drug-likeness (QED) is 0.805. The SMILES string of the molecule is CCC(C)CC(=O)NC(CC(=O)O)c1ccccc1C. The van der Waals surface area contributed by atoms with Crippen LogP contribution in [-0.4, -0.2) is 17.0 Å². The molecule has 1 aromatic rings. The van der Waals surface area contributed by atoms with Crippen LogP contribution >= 0.6 is 0 Å². The molecule has 20 heavy (non-hydrogen) atoms. The largest absolute Gasteiger partial charge is 0.481 e. The summed E-state index contributed by atoms with van der Waals surface area (Å²) in [6.45, 7) is 5.97. The molecular weight excluding hydrogens is 254 g/mol. The second kappa shape index (κ2) is 7.68. The molecule has 2 unspecified atom stereocenters. The van der Waals surface area contributed by atoms with Crippen LogP contribution in [0.25, 0.3) is 0 Å². The molecule has 0 aromatic heterocycles. The number of aliphatic carboxylic acids is 1. The van der Waals surface area contributed by atoms with Gasteiger partial charge < -0.3 is 10.4 Å². The highest BCUT2D eigenvalue weighted by Crippen LogP contribution is 2.21. The van der Waals surface area contributed by atoms with Crippen LogP contribution in [0.15, 0.2) is 24.3 Å². The Hall–Kier alpha value is -1.84. The number of nitrogens with one attached hydrogen (secondary N) is 1. The van der Waals surface area contributed by atoms with E-state index < -0.39 is 12.0 Å². The summed E-state index contributed by atoms with van der Waals surface area (Å²) < 4.78 is 0. The normalized spacial score (nSPS) is 13.6. The van der Waals surface area contributed by atoms with E-state index in [4.69, 9.17) is 5.11 Å². The number of carbonyl (C=O) groups is 2. The standard InChI is InChI=1S/C16H23NO3/c1-4-11(2)9-15(18)17-14(10-16(19)20)13-8-6-5-7-12(13)3/h5-8,11,14H,4,9-10H2,1-3H3,(H,17,18)(H,19,20). The second-order valence-corrected chi connectivity index (χ2v) is 5.29. The summed E-state index contributed by atoms with van der Waals surface area (Å²) in [6, 6.07) is 7.08. The summed E-state index contributed by atoms with van der Waals surface area (Å²) in [5, 5.41) is 11.9. The summed E-state index contributed by atoms with van der Waals surface area (Å²) in [5.41, 5.74) is 1.86. The third kappa shape index (κ3) is 5.03. The maximum atomic E-state index is 12.0. The summed E-state index contributed by atoms with van der Waals surface area (Å²) in [5.74, 6) is -0.701. The number of hydrogen-bond acceptors (Lipinski definition) is 2. The molecule has 0 spiro atoms. The zero-order valence-corrected chi connectivity index (χ0v) is 12.3. The van der Waals surface area contributed by atoms with Gasteiger partial charge in [-0.05, 0) is 24.0 Å². The fourth-order valence-electron chi connectivity index (χ4n) is 2.11. The molecule has 4 heteroatoms. The number of carbonyl (C=O) groups excluding carboxylic acids is 1. The Bertz CT molecular complexity index is 471. The molecule has 110 valence electrons. The van der Waals surface area contributed by atoms with E-state index in [2.05, 4.69) is 5.32 Å². The van der Waals surface area contributed by atoms with E-state index in [0.29, 0.717) is 12.3 Å². The van der Waals surface area contributed by atoms with E-state index in [1.54, 1.807) is 0 Å². The first-order valence-corrected chi connectivity index (χ1v) is 7.00. The topological polar surface area (TPSA) is 66.4 Å². The minimum absolute atomic E-state index is 0.0890. The lowest BCUT2D eigenvalue weighted by Gasteiger charge is -2.20. The van der Waals surface area contributed by atoms with Crippen molar-refractivity contribution in [3.8, 4) is 0 Å². The highest BCUT2D eigenvalue weighted by Gasteiger charge is 2.20. The molecule has 0 aliphatic rings. The van der Waals surface area contributed by atoms with Crippen molar-refractivity contribution in [3.63, 3.8) is 0 Å². The molecule has 1 rings (SSSR count). The van der Waals surface area contributed by atoms with Crippen molar-refractivity contribution in [3.05, 3.63) is 35.4 Å². The van der Waals surface area contributed by atoms with Gasteiger partial charge in [0.1, 0.15) is 0 Å². The van der Waals surface area contributed by atoms with E-state index in [1.165, 1.54) is 0 Å². The number of amides is 1. The van der Waals surface area contributed by atoms with Crippen LogP contribution in [0, 0.1) is 12.8 Å². The highest BCUT2D eigenvalue weighted by molar-refractivity contribution is 5.78. The Kier molecular flexibility index (Phi) is 6.22. The molecule has 1 amide bonds. The van der Waals surface area contributed by atoms with Crippen molar-refractivity contribution in [2.75, 3.05) is 0 Å². The average molecular weight is 277 g/mol. The van der Waals surface area contributed by atoms with Crippen LogP contribution in [0.5, 0.6) is 0 Å². The lowest BCUT2D eigenvalue weighted by Crippen LogP contribution is -2.31. The third-order valence-corrected chi connectivity index (χ3v) is 3.51. The second-order valence-electron chi connectivity index (χ2n) is 5.29. The lowest BCUT2D eigenvalue weighted by molar-refractivity contribution is -0.137. The zero-order chi connectivity index (χ0) is 15.1. The molecule has 2 N–H and O–H groups in total. The van der Waals surface area contributed by atoms with Crippen molar-refractivity contribution >= 4 is 11.9 Å². The van der Waals surface area contributed by atoms with Crippen LogP contribution in [-0.2, 0) is 9.59 Å². The van der Waals surface area contributed by atoms with E-state index in [0.717, 1.165) is 17.5 Å². The lowest BCUT2D eigenvalue weighted by atomic mass is 9.98. The van der Waals surface area contributed by atoms with Crippen LogP contribution < -0.4 is 5.32 Å². The summed E-state index contributed by atoms with van der Waals surface area (Å²) in [7, 11) is 0. The molecule has 0 aliphatic carbocycles. The average Bonchev–Trinajstić information content (AvgIpc) is 2.37. The third-order valence-electron chi connectivity index (χ3n) is 3.51. The van der Waals surface area contributed by atoms with E-state index >= 15 is 0 Å². The molecular formula is C16H23NO3. The number of carboxylic acids is 1. The molecule has 0 bridgehead atoms. The van der Waals surface area contributed by atoms with Gasteiger partial charge in [0.05, 0.1) is 12.5 Å². The molecule has 0 radical (unpaired) electrons. The Balaban J connectivity index is 2.83. The van der Waals surface area contributed by atoms with Gasteiger partial charge in [-0.2, -0.15) is 0 Å².